The summed E-state index contributed by atoms with van der Waals surface area (Å²) in [7, 11) is -3.43. The smallest absolute Gasteiger partial charge is 0.250 e. The molecule has 2 aliphatic heterocycles. The minimum atomic E-state index is -3.43. The predicted octanol–water partition coefficient (Wildman–Crippen LogP) is 1.83. The highest BCUT2D eigenvalue weighted by atomic mass is 35.5. The van der Waals surface area contributed by atoms with Gasteiger partial charge in [-0.25, -0.2) is 13.1 Å². The van der Waals surface area contributed by atoms with Crippen LogP contribution >= 0.6 is 23.7 Å². The molecule has 9 heteroatoms. The van der Waals surface area contributed by atoms with E-state index < -0.39 is 10.0 Å². The molecule has 1 amide bonds. The number of sulfonamides is 1. The Bertz CT molecular complexity index is 658. The van der Waals surface area contributed by atoms with Gasteiger partial charge in [-0.1, -0.05) is 6.07 Å². The maximum Gasteiger partial charge on any atom is 0.250 e. The number of nitrogens with zero attached hydrogens (tertiary/aromatic N) is 1. The highest BCUT2D eigenvalue weighted by molar-refractivity contribution is 7.91. The lowest BCUT2D eigenvalue weighted by molar-refractivity contribution is -0.137. The third kappa shape index (κ3) is 5.17. The second kappa shape index (κ2) is 8.81. The first-order valence-electron chi connectivity index (χ1n) is 8.54. The number of piperidine rings is 2. The van der Waals surface area contributed by atoms with E-state index in [0.29, 0.717) is 36.2 Å². The van der Waals surface area contributed by atoms with Crippen molar-refractivity contribution < 1.29 is 13.2 Å². The van der Waals surface area contributed by atoms with Crippen LogP contribution < -0.4 is 10.0 Å². The highest BCUT2D eigenvalue weighted by Gasteiger charge is 2.32. The number of carbonyl (C=O) groups is 1. The maximum absolute atomic E-state index is 12.6. The van der Waals surface area contributed by atoms with E-state index >= 15 is 0 Å². The number of halogens is 1. The average molecular weight is 408 g/mol. The van der Waals surface area contributed by atoms with Crippen molar-refractivity contribution in [1.82, 2.24) is 14.9 Å². The standard InChI is InChI=1S/C16H25N3O3S2.ClH/c1-12-11-13(4-7-17-12)16(20)19-8-5-14(6-9-19)18-24(21,22)15-3-2-10-23-15;/h2-3,10,12-14,17-18H,4-9,11H2,1H3;1H/t12-,13-;/m0./s1. The average Bonchev–Trinajstić information content (AvgIpc) is 3.10. The van der Waals surface area contributed by atoms with Crippen molar-refractivity contribution in [2.75, 3.05) is 19.6 Å². The third-order valence-electron chi connectivity index (χ3n) is 4.86. The molecule has 0 aromatic carbocycles. The molecule has 2 atom stereocenters. The summed E-state index contributed by atoms with van der Waals surface area (Å²) < 4.78 is 27.7. The van der Waals surface area contributed by atoms with Gasteiger partial charge in [0.15, 0.2) is 0 Å². The molecule has 6 nitrogen and oxygen atoms in total. The molecule has 0 spiro atoms. The van der Waals surface area contributed by atoms with E-state index in [1.807, 2.05) is 4.90 Å². The molecule has 2 fully saturated rings. The number of carbonyl (C=O) groups excluding carboxylic acids is 1. The molecule has 0 radical (unpaired) electrons. The number of likely N-dealkylation sites (tertiary alicyclic amines) is 1. The zero-order valence-electron chi connectivity index (χ0n) is 14.3. The van der Waals surface area contributed by atoms with Crippen LogP contribution in [0.15, 0.2) is 21.7 Å². The van der Waals surface area contributed by atoms with E-state index in [1.165, 1.54) is 11.3 Å². The zero-order chi connectivity index (χ0) is 17.2. The van der Waals surface area contributed by atoms with Gasteiger partial charge in [0, 0.05) is 31.1 Å². The van der Waals surface area contributed by atoms with Crippen LogP contribution in [0.4, 0.5) is 0 Å². The maximum atomic E-state index is 12.6. The minimum absolute atomic E-state index is 0. The molecule has 3 heterocycles. The summed E-state index contributed by atoms with van der Waals surface area (Å²) in [5, 5.41) is 5.13. The van der Waals surface area contributed by atoms with Gasteiger partial charge in [-0.15, -0.1) is 23.7 Å². The number of nitrogens with one attached hydrogen (secondary N) is 2. The van der Waals surface area contributed by atoms with E-state index in [0.717, 1.165) is 19.4 Å². The molecule has 3 rings (SSSR count). The lowest BCUT2D eigenvalue weighted by Gasteiger charge is -2.36. The van der Waals surface area contributed by atoms with E-state index in [-0.39, 0.29) is 30.3 Å². The molecule has 0 unspecified atom stereocenters. The summed E-state index contributed by atoms with van der Waals surface area (Å²) in [5.74, 6) is 0.350. The largest absolute Gasteiger partial charge is 0.342 e. The summed E-state index contributed by atoms with van der Waals surface area (Å²) in [4.78, 5) is 14.6. The molecular formula is C16H26ClN3O3S2. The molecule has 0 aliphatic carbocycles. The first kappa shape index (κ1) is 20.6. The van der Waals surface area contributed by atoms with Crippen molar-refractivity contribution in [3.05, 3.63) is 17.5 Å². The Morgan fingerprint density at radius 3 is 2.64 bits per heavy atom. The fourth-order valence-corrected chi connectivity index (χ4v) is 5.84. The Hall–Kier alpha value is -0.670. The van der Waals surface area contributed by atoms with Crippen LogP contribution in [0.3, 0.4) is 0 Å². The van der Waals surface area contributed by atoms with Crippen molar-refractivity contribution in [1.29, 1.82) is 0 Å². The third-order valence-corrected chi connectivity index (χ3v) is 7.78. The van der Waals surface area contributed by atoms with Crippen molar-refractivity contribution in [2.45, 2.75) is 48.9 Å². The van der Waals surface area contributed by atoms with Gasteiger partial charge in [-0.3, -0.25) is 4.79 Å². The van der Waals surface area contributed by atoms with Gasteiger partial charge in [-0.2, -0.15) is 0 Å². The van der Waals surface area contributed by atoms with E-state index in [2.05, 4.69) is 17.0 Å². The molecule has 1 aromatic rings. The van der Waals surface area contributed by atoms with Crippen molar-refractivity contribution in [2.24, 2.45) is 5.92 Å². The van der Waals surface area contributed by atoms with Crippen molar-refractivity contribution in [3.63, 3.8) is 0 Å². The van der Waals surface area contributed by atoms with E-state index in [9.17, 15) is 13.2 Å². The monoisotopic (exact) mass is 407 g/mol. The number of hydrogen-bond acceptors (Lipinski definition) is 5. The van der Waals surface area contributed by atoms with Gasteiger partial charge >= 0.3 is 0 Å². The van der Waals surface area contributed by atoms with Gasteiger partial charge in [0.25, 0.3) is 0 Å². The first-order chi connectivity index (χ1) is 11.5. The Labute approximate surface area is 159 Å². The fourth-order valence-electron chi connectivity index (χ4n) is 3.53. The van der Waals surface area contributed by atoms with Crippen LogP contribution in [-0.2, 0) is 14.8 Å². The molecule has 2 N–H and O–H groups in total. The van der Waals surface area contributed by atoms with Crippen LogP contribution in [0.1, 0.15) is 32.6 Å². The van der Waals surface area contributed by atoms with Crippen molar-refractivity contribution in [3.8, 4) is 0 Å². The number of amides is 1. The Kier molecular flexibility index (Phi) is 7.28. The molecule has 25 heavy (non-hydrogen) atoms. The predicted molar refractivity (Wildman–Crippen MR) is 102 cm³/mol. The quantitative estimate of drug-likeness (QED) is 0.798. The van der Waals surface area contributed by atoms with Crippen molar-refractivity contribution >= 4 is 39.7 Å². The Balaban J connectivity index is 0.00000225. The number of hydrogen-bond donors (Lipinski definition) is 2. The second-order valence-corrected chi connectivity index (χ2v) is 9.62. The molecule has 1 aromatic heterocycles. The number of rotatable bonds is 4. The van der Waals surface area contributed by atoms with Gasteiger partial charge in [-0.05, 0) is 50.6 Å². The first-order valence-corrected chi connectivity index (χ1v) is 10.9. The van der Waals surface area contributed by atoms with Crippen LogP contribution in [0, 0.1) is 5.92 Å². The van der Waals surface area contributed by atoms with Crippen LogP contribution in [-0.4, -0.2) is 50.9 Å². The van der Waals surface area contributed by atoms with E-state index in [1.54, 1.807) is 17.5 Å². The summed E-state index contributed by atoms with van der Waals surface area (Å²) >= 11 is 1.22. The van der Waals surface area contributed by atoms with Crippen LogP contribution in [0.25, 0.3) is 0 Å². The van der Waals surface area contributed by atoms with E-state index in [4.69, 9.17) is 0 Å². The van der Waals surface area contributed by atoms with Gasteiger partial charge in [0.2, 0.25) is 15.9 Å². The molecule has 142 valence electrons. The van der Waals surface area contributed by atoms with Gasteiger partial charge in [0.1, 0.15) is 4.21 Å². The topological polar surface area (TPSA) is 78.5 Å². The molecular weight excluding hydrogens is 382 g/mol. The summed E-state index contributed by atoms with van der Waals surface area (Å²) in [6, 6.07) is 3.65. The Morgan fingerprint density at radius 1 is 1.32 bits per heavy atom. The highest BCUT2D eigenvalue weighted by Crippen LogP contribution is 2.23. The fraction of sp³-hybridized carbons (Fsp3) is 0.688. The van der Waals surface area contributed by atoms with Crippen LogP contribution in [0.2, 0.25) is 0 Å². The zero-order valence-corrected chi connectivity index (χ0v) is 16.8. The normalized spacial score (nSPS) is 25.4. The molecule has 0 bridgehead atoms. The molecule has 2 aliphatic rings. The van der Waals surface area contributed by atoms with Gasteiger partial charge < -0.3 is 10.2 Å². The lowest BCUT2D eigenvalue weighted by atomic mass is 9.91. The summed E-state index contributed by atoms with van der Waals surface area (Å²) in [6.07, 6.45) is 3.14. The SMILES string of the molecule is C[C@H]1C[C@@H](C(=O)N2CCC(NS(=O)(=O)c3cccs3)CC2)CCN1.Cl. The molecule has 2 saturated heterocycles. The Morgan fingerprint density at radius 2 is 2.04 bits per heavy atom. The molecule has 0 saturated carbocycles. The second-order valence-electron chi connectivity index (χ2n) is 6.73. The summed E-state index contributed by atoms with van der Waals surface area (Å²) in [5.41, 5.74) is 0. The minimum Gasteiger partial charge on any atom is -0.342 e. The van der Waals surface area contributed by atoms with Crippen LogP contribution in [0.5, 0.6) is 0 Å². The summed E-state index contributed by atoms with van der Waals surface area (Å²) in [6.45, 7) is 4.28. The lowest BCUT2D eigenvalue weighted by Crippen LogP contribution is -2.50. The van der Waals surface area contributed by atoms with Gasteiger partial charge in [0.05, 0.1) is 0 Å². The number of thiophene rings is 1.